The van der Waals surface area contributed by atoms with Gasteiger partial charge in [-0.2, -0.15) is 8.42 Å². The van der Waals surface area contributed by atoms with Crippen molar-refractivity contribution >= 4 is 10.3 Å². The average Bonchev–Trinajstić information content (AvgIpc) is 2.14. The van der Waals surface area contributed by atoms with Gasteiger partial charge in [0, 0.05) is 0 Å². The first-order valence-electron chi connectivity index (χ1n) is 4.39. The van der Waals surface area contributed by atoms with Crippen LogP contribution >= 0.6 is 0 Å². The molecule has 0 unspecified atom stereocenters. The van der Waals surface area contributed by atoms with Crippen LogP contribution in [0.15, 0.2) is 24.3 Å². The van der Waals surface area contributed by atoms with Crippen LogP contribution in [0.5, 0.6) is 0 Å². The minimum Gasteiger partial charge on any atom is -0.258 e. The lowest BCUT2D eigenvalue weighted by Gasteiger charge is -2.01. The largest absolute Gasteiger partial charge is 0.333 e. The SMILES string of the molecule is NS(=O)(=O)OCCCc1ccc(F)cc1. The van der Waals surface area contributed by atoms with Gasteiger partial charge in [0.2, 0.25) is 0 Å². The van der Waals surface area contributed by atoms with Crippen LogP contribution in [0.25, 0.3) is 0 Å². The van der Waals surface area contributed by atoms with E-state index in [1.807, 2.05) is 0 Å². The molecule has 1 aromatic rings. The minimum atomic E-state index is -3.85. The second-order valence-electron chi connectivity index (χ2n) is 3.04. The minimum absolute atomic E-state index is 0.0379. The number of aryl methyl sites for hydroxylation is 1. The Labute approximate surface area is 88.1 Å². The van der Waals surface area contributed by atoms with Crippen LogP contribution in [0.2, 0.25) is 0 Å². The van der Waals surface area contributed by atoms with E-state index in [-0.39, 0.29) is 12.4 Å². The van der Waals surface area contributed by atoms with Crippen molar-refractivity contribution in [2.24, 2.45) is 5.14 Å². The summed E-state index contributed by atoms with van der Waals surface area (Å²) < 4.78 is 37.6. The first kappa shape index (κ1) is 12.1. The van der Waals surface area contributed by atoms with Crippen molar-refractivity contribution in [2.45, 2.75) is 12.8 Å². The fourth-order valence-corrected chi connectivity index (χ4v) is 1.45. The van der Waals surface area contributed by atoms with Crippen LogP contribution in [0.3, 0.4) is 0 Å². The molecule has 15 heavy (non-hydrogen) atoms. The monoisotopic (exact) mass is 233 g/mol. The van der Waals surface area contributed by atoms with Gasteiger partial charge in [0.25, 0.3) is 0 Å². The maximum absolute atomic E-state index is 12.5. The van der Waals surface area contributed by atoms with Gasteiger partial charge in [-0.25, -0.2) is 9.53 Å². The van der Waals surface area contributed by atoms with Crippen molar-refractivity contribution in [3.63, 3.8) is 0 Å². The third kappa shape index (κ3) is 5.46. The second kappa shape index (κ2) is 5.20. The number of hydrogen-bond acceptors (Lipinski definition) is 3. The van der Waals surface area contributed by atoms with Crippen LogP contribution in [0.4, 0.5) is 4.39 Å². The molecule has 4 nitrogen and oxygen atoms in total. The number of rotatable bonds is 5. The van der Waals surface area contributed by atoms with Crippen LogP contribution in [-0.2, 0) is 20.9 Å². The molecule has 0 fully saturated rings. The molecular weight excluding hydrogens is 221 g/mol. The van der Waals surface area contributed by atoms with Gasteiger partial charge in [-0.05, 0) is 30.5 Å². The van der Waals surface area contributed by atoms with Crippen molar-refractivity contribution in [3.8, 4) is 0 Å². The molecule has 0 aliphatic rings. The van der Waals surface area contributed by atoms with Crippen molar-refractivity contribution < 1.29 is 17.0 Å². The van der Waals surface area contributed by atoms with Gasteiger partial charge >= 0.3 is 10.3 Å². The highest BCUT2D eigenvalue weighted by Gasteiger charge is 2.01. The standard InChI is InChI=1S/C9H12FNO3S/c10-9-5-3-8(4-6-9)2-1-7-14-15(11,12)13/h3-6H,1-2,7H2,(H2,11,12,13). The Morgan fingerprint density at radius 1 is 1.27 bits per heavy atom. The van der Waals surface area contributed by atoms with Crippen molar-refractivity contribution in [2.75, 3.05) is 6.61 Å². The third-order valence-corrected chi connectivity index (χ3v) is 2.27. The first-order valence-corrected chi connectivity index (χ1v) is 5.86. The Balaban J connectivity index is 2.29. The van der Waals surface area contributed by atoms with E-state index in [0.29, 0.717) is 12.8 Å². The molecule has 1 rings (SSSR count). The lowest BCUT2D eigenvalue weighted by atomic mass is 10.1. The number of benzene rings is 1. The highest BCUT2D eigenvalue weighted by atomic mass is 32.2. The van der Waals surface area contributed by atoms with E-state index in [1.54, 1.807) is 12.1 Å². The number of nitrogens with two attached hydrogens (primary N) is 1. The summed E-state index contributed by atoms with van der Waals surface area (Å²) >= 11 is 0. The molecule has 0 aliphatic carbocycles. The third-order valence-electron chi connectivity index (χ3n) is 1.77. The molecule has 2 N–H and O–H groups in total. The smallest absolute Gasteiger partial charge is 0.258 e. The predicted octanol–water partition coefficient (Wildman–Crippen LogP) is 0.978. The van der Waals surface area contributed by atoms with Crippen LogP contribution < -0.4 is 5.14 Å². The second-order valence-corrected chi connectivity index (χ2v) is 4.27. The normalized spacial score (nSPS) is 11.6. The molecule has 6 heteroatoms. The van der Waals surface area contributed by atoms with Gasteiger partial charge in [0.1, 0.15) is 5.82 Å². The first-order chi connectivity index (χ1) is 6.97. The van der Waals surface area contributed by atoms with Gasteiger partial charge in [-0.3, -0.25) is 4.18 Å². The fraction of sp³-hybridized carbons (Fsp3) is 0.333. The molecular formula is C9H12FNO3S. The van der Waals surface area contributed by atoms with Crippen molar-refractivity contribution in [3.05, 3.63) is 35.6 Å². The Hall–Kier alpha value is -0.980. The Morgan fingerprint density at radius 2 is 1.87 bits per heavy atom. The summed E-state index contributed by atoms with van der Waals surface area (Å²) in [5.41, 5.74) is 0.925. The van der Waals surface area contributed by atoms with Crippen LogP contribution in [0, 0.1) is 5.82 Å². The van der Waals surface area contributed by atoms with Crippen LogP contribution in [0.1, 0.15) is 12.0 Å². The van der Waals surface area contributed by atoms with E-state index in [1.165, 1.54) is 12.1 Å². The zero-order valence-electron chi connectivity index (χ0n) is 8.02. The topological polar surface area (TPSA) is 69.4 Å². The molecule has 84 valence electrons. The molecule has 0 amide bonds. The average molecular weight is 233 g/mol. The van der Waals surface area contributed by atoms with E-state index in [0.717, 1.165) is 5.56 Å². The van der Waals surface area contributed by atoms with E-state index >= 15 is 0 Å². The molecule has 1 aromatic carbocycles. The fourth-order valence-electron chi connectivity index (χ4n) is 1.10. The maximum atomic E-state index is 12.5. The summed E-state index contributed by atoms with van der Waals surface area (Å²) in [7, 11) is -3.85. The molecule has 0 radical (unpaired) electrons. The number of hydrogen-bond donors (Lipinski definition) is 1. The Bertz CT molecular complexity index is 402. The molecule has 0 spiro atoms. The molecule has 0 saturated carbocycles. The molecule has 0 saturated heterocycles. The van der Waals surface area contributed by atoms with E-state index in [2.05, 4.69) is 9.32 Å². The predicted molar refractivity (Wildman–Crippen MR) is 53.8 cm³/mol. The highest BCUT2D eigenvalue weighted by Crippen LogP contribution is 2.05. The van der Waals surface area contributed by atoms with Gasteiger partial charge < -0.3 is 0 Å². The van der Waals surface area contributed by atoms with Crippen molar-refractivity contribution in [1.82, 2.24) is 0 Å². The summed E-state index contributed by atoms with van der Waals surface area (Å²) in [5.74, 6) is -0.292. The summed E-state index contributed by atoms with van der Waals surface area (Å²) in [5, 5.41) is 4.64. The molecule has 0 aliphatic heterocycles. The molecule has 0 aromatic heterocycles. The summed E-state index contributed by atoms with van der Waals surface area (Å²) in [6.45, 7) is 0.0379. The van der Waals surface area contributed by atoms with Gasteiger partial charge in [0.05, 0.1) is 6.61 Å². The zero-order chi connectivity index (χ0) is 11.3. The summed E-state index contributed by atoms with van der Waals surface area (Å²) in [4.78, 5) is 0. The zero-order valence-corrected chi connectivity index (χ0v) is 8.84. The van der Waals surface area contributed by atoms with Gasteiger partial charge in [-0.1, -0.05) is 12.1 Å². The Morgan fingerprint density at radius 3 is 2.40 bits per heavy atom. The van der Waals surface area contributed by atoms with E-state index < -0.39 is 10.3 Å². The highest BCUT2D eigenvalue weighted by molar-refractivity contribution is 7.84. The lowest BCUT2D eigenvalue weighted by Crippen LogP contribution is -2.16. The maximum Gasteiger partial charge on any atom is 0.333 e. The molecule has 0 heterocycles. The summed E-state index contributed by atoms with van der Waals surface area (Å²) in [6.07, 6.45) is 1.14. The number of halogens is 1. The molecule has 0 atom stereocenters. The van der Waals surface area contributed by atoms with E-state index in [9.17, 15) is 12.8 Å². The van der Waals surface area contributed by atoms with Gasteiger partial charge in [0.15, 0.2) is 0 Å². The van der Waals surface area contributed by atoms with Crippen LogP contribution in [-0.4, -0.2) is 15.0 Å². The summed E-state index contributed by atoms with van der Waals surface area (Å²) in [6, 6.07) is 6.00. The quantitative estimate of drug-likeness (QED) is 0.771. The Kier molecular flexibility index (Phi) is 4.19. The van der Waals surface area contributed by atoms with Crippen molar-refractivity contribution in [1.29, 1.82) is 0 Å². The lowest BCUT2D eigenvalue weighted by molar-refractivity contribution is 0.313. The molecule has 0 bridgehead atoms. The van der Waals surface area contributed by atoms with Gasteiger partial charge in [-0.15, -0.1) is 0 Å². The van der Waals surface area contributed by atoms with E-state index in [4.69, 9.17) is 0 Å².